The highest BCUT2D eigenvalue weighted by Gasteiger charge is 2.22. The van der Waals surface area contributed by atoms with E-state index < -0.39 is 5.25 Å². The first-order valence-electron chi connectivity index (χ1n) is 9.64. The van der Waals surface area contributed by atoms with Crippen LogP contribution in [0.15, 0.2) is 84.9 Å². The first kappa shape index (κ1) is 20.9. The Bertz CT molecular complexity index is 921. The molecule has 0 aliphatic rings. The largest absolute Gasteiger partial charge is 0.460 e. The zero-order chi connectivity index (χ0) is 20.5. The van der Waals surface area contributed by atoms with Crippen LogP contribution in [0.3, 0.4) is 0 Å². The summed E-state index contributed by atoms with van der Waals surface area (Å²) in [4.78, 5) is 24.1. The van der Waals surface area contributed by atoms with Crippen molar-refractivity contribution in [1.82, 2.24) is 0 Å². The molecule has 1 atom stereocenters. The number of aryl methyl sites for hydroxylation is 1. The standard InChI is InChI=1S/C25H24O3S/c1-19(26)29-24(25(27)28-18-21-8-4-2-5-9-21)17-14-20-12-15-23(16-13-20)22-10-6-3-7-11-22/h2-13,15-16,24H,14,17-18H2,1H3. The van der Waals surface area contributed by atoms with E-state index in [1.807, 2.05) is 48.5 Å². The Morgan fingerprint density at radius 3 is 2.00 bits per heavy atom. The van der Waals surface area contributed by atoms with Crippen LogP contribution in [0.25, 0.3) is 11.1 Å². The first-order valence-corrected chi connectivity index (χ1v) is 10.5. The van der Waals surface area contributed by atoms with Gasteiger partial charge in [0.05, 0.1) is 0 Å². The molecule has 0 N–H and O–H groups in total. The van der Waals surface area contributed by atoms with Crippen molar-refractivity contribution in [2.24, 2.45) is 0 Å². The summed E-state index contributed by atoms with van der Waals surface area (Å²) in [6.07, 6.45) is 1.27. The lowest BCUT2D eigenvalue weighted by Gasteiger charge is -2.14. The third-order valence-electron chi connectivity index (χ3n) is 4.55. The highest BCUT2D eigenvalue weighted by Crippen LogP contribution is 2.23. The predicted molar refractivity (Wildman–Crippen MR) is 118 cm³/mol. The summed E-state index contributed by atoms with van der Waals surface area (Å²) in [7, 11) is 0. The Balaban J connectivity index is 1.58. The molecule has 0 aliphatic heterocycles. The van der Waals surface area contributed by atoms with E-state index in [1.165, 1.54) is 12.5 Å². The number of hydrogen-bond donors (Lipinski definition) is 0. The lowest BCUT2D eigenvalue weighted by Crippen LogP contribution is -2.22. The molecule has 3 aromatic carbocycles. The molecule has 0 aliphatic carbocycles. The molecular formula is C25H24O3S. The van der Waals surface area contributed by atoms with Crippen molar-refractivity contribution in [3.63, 3.8) is 0 Å². The van der Waals surface area contributed by atoms with E-state index in [2.05, 4.69) is 36.4 Å². The van der Waals surface area contributed by atoms with Gasteiger partial charge >= 0.3 is 5.97 Å². The molecule has 0 heterocycles. The molecule has 0 saturated heterocycles. The van der Waals surface area contributed by atoms with E-state index in [0.717, 1.165) is 28.5 Å². The maximum absolute atomic E-state index is 12.5. The van der Waals surface area contributed by atoms with Gasteiger partial charge in [-0.05, 0) is 35.1 Å². The minimum Gasteiger partial charge on any atom is -0.460 e. The molecule has 0 bridgehead atoms. The van der Waals surface area contributed by atoms with Gasteiger partial charge in [0, 0.05) is 6.92 Å². The Hall–Kier alpha value is -2.85. The molecule has 0 fully saturated rings. The van der Waals surface area contributed by atoms with Gasteiger partial charge in [-0.1, -0.05) is 96.7 Å². The fourth-order valence-electron chi connectivity index (χ4n) is 3.04. The molecule has 3 aromatic rings. The van der Waals surface area contributed by atoms with Gasteiger partial charge in [0.25, 0.3) is 0 Å². The van der Waals surface area contributed by atoms with E-state index in [-0.39, 0.29) is 17.7 Å². The third-order valence-corrected chi connectivity index (χ3v) is 5.60. The normalized spacial score (nSPS) is 11.6. The molecule has 0 aromatic heterocycles. The topological polar surface area (TPSA) is 43.4 Å². The van der Waals surface area contributed by atoms with Crippen LogP contribution < -0.4 is 0 Å². The third kappa shape index (κ3) is 6.61. The summed E-state index contributed by atoms with van der Waals surface area (Å²) < 4.78 is 5.44. The van der Waals surface area contributed by atoms with Gasteiger partial charge < -0.3 is 4.74 Å². The van der Waals surface area contributed by atoms with Crippen molar-refractivity contribution in [3.05, 3.63) is 96.1 Å². The van der Waals surface area contributed by atoms with Gasteiger partial charge in [-0.15, -0.1) is 0 Å². The minimum absolute atomic E-state index is 0.0777. The molecule has 0 radical (unpaired) electrons. The van der Waals surface area contributed by atoms with Crippen molar-refractivity contribution < 1.29 is 14.3 Å². The van der Waals surface area contributed by atoms with Crippen LogP contribution in [-0.2, 0) is 27.4 Å². The van der Waals surface area contributed by atoms with Crippen molar-refractivity contribution in [3.8, 4) is 11.1 Å². The fourth-order valence-corrected chi connectivity index (χ4v) is 3.84. The van der Waals surface area contributed by atoms with Gasteiger partial charge in [0.15, 0.2) is 5.12 Å². The Morgan fingerprint density at radius 1 is 0.793 bits per heavy atom. The van der Waals surface area contributed by atoms with E-state index in [0.29, 0.717) is 12.8 Å². The smallest absolute Gasteiger partial charge is 0.319 e. The van der Waals surface area contributed by atoms with Crippen LogP contribution in [0, 0.1) is 0 Å². The summed E-state index contributed by atoms with van der Waals surface area (Å²) in [5.41, 5.74) is 4.40. The van der Waals surface area contributed by atoms with Crippen molar-refractivity contribution in [2.45, 2.75) is 31.6 Å². The Kier molecular flexibility index (Phi) is 7.65. The second-order valence-corrected chi connectivity index (χ2v) is 8.17. The van der Waals surface area contributed by atoms with E-state index in [4.69, 9.17) is 4.74 Å². The quantitative estimate of drug-likeness (QED) is 0.453. The zero-order valence-electron chi connectivity index (χ0n) is 16.4. The first-order chi connectivity index (χ1) is 14.1. The number of ether oxygens (including phenoxy) is 1. The molecule has 4 heteroatoms. The van der Waals surface area contributed by atoms with Crippen LogP contribution in [0.4, 0.5) is 0 Å². The Labute approximate surface area is 176 Å². The van der Waals surface area contributed by atoms with E-state index >= 15 is 0 Å². The van der Waals surface area contributed by atoms with Gasteiger partial charge in [0.1, 0.15) is 11.9 Å². The summed E-state index contributed by atoms with van der Waals surface area (Å²) in [6, 6.07) is 28.1. The second-order valence-electron chi connectivity index (χ2n) is 6.79. The van der Waals surface area contributed by atoms with Gasteiger partial charge in [-0.3, -0.25) is 9.59 Å². The molecule has 0 amide bonds. The van der Waals surface area contributed by atoms with Crippen molar-refractivity contribution >= 4 is 22.8 Å². The van der Waals surface area contributed by atoms with Crippen molar-refractivity contribution in [2.75, 3.05) is 0 Å². The highest BCUT2D eigenvalue weighted by molar-refractivity contribution is 8.14. The van der Waals surface area contributed by atoms with Crippen molar-refractivity contribution in [1.29, 1.82) is 0 Å². The molecule has 29 heavy (non-hydrogen) atoms. The van der Waals surface area contributed by atoms with Gasteiger partial charge in [-0.25, -0.2) is 0 Å². The number of rotatable bonds is 8. The number of benzene rings is 3. The molecule has 0 saturated carbocycles. The molecular weight excluding hydrogens is 380 g/mol. The van der Waals surface area contributed by atoms with E-state index in [1.54, 1.807) is 0 Å². The molecule has 3 rings (SSSR count). The number of esters is 1. The number of carbonyl (C=O) groups excluding carboxylic acids is 2. The van der Waals surface area contributed by atoms with Crippen LogP contribution in [0.2, 0.25) is 0 Å². The lowest BCUT2D eigenvalue weighted by molar-refractivity contribution is -0.144. The summed E-state index contributed by atoms with van der Waals surface area (Å²) in [6.45, 7) is 1.71. The number of thioether (sulfide) groups is 1. The molecule has 1 unspecified atom stereocenters. The van der Waals surface area contributed by atoms with Crippen LogP contribution in [0.1, 0.15) is 24.5 Å². The van der Waals surface area contributed by atoms with Crippen LogP contribution >= 0.6 is 11.8 Å². The highest BCUT2D eigenvalue weighted by atomic mass is 32.2. The van der Waals surface area contributed by atoms with Gasteiger partial charge in [0.2, 0.25) is 0 Å². The Morgan fingerprint density at radius 2 is 1.38 bits per heavy atom. The summed E-state index contributed by atoms with van der Waals surface area (Å²) >= 11 is 1.05. The van der Waals surface area contributed by atoms with E-state index in [9.17, 15) is 9.59 Å². The average Bonchev–Trinajstić information content (AvgIpc) is 2.76. The number of carbonyl (C=O) groups is 2. The zero-order valence-corrected chi connectivity index (χ0v) is 17.2. The fraction of sp³-hybridized carbons (Fsp3) is 0.200. The van der Waals surface area contributed by atoms with Crippen LogP contribution in [0.5, 0.6) is 0 Å². The maximum atomic E-state index is 12.5. The monoisotopic (exact) mass is 404 g/mol. The SMILES string of the molecule is CC(=O)SC(CCc1ccc(-c2ccccc2)cc1)C(=O)OCc1ccccc1. The molecule has 3 nitrogen and oxygen atoms in total. The lowest BCUT2D eigenvalue weighted by atomic mass is 10.0. The minimum atomic E-state index is -0.495. The second kappa shape index (κ2) is 10.6. The average molecular weight is 405 g/mol. The van der Waals surface area contributed by atoms with Gasteiger partial charge in [-0.2, -0.15) is 0 Å². The summed E-state index contributed by atoms with van der Waals surface area (Å²) in [5, 5.41) is -0.573. The number of hydrogen-bond acceptors (Lipinski definition) is 4. The molecule has 148 valence electrons. The molecule has 0 spiro atoms. The summed E-state index contributed by atoms with van der Waals surface area (Å²) in [5.74, 6) is -0.338. The predicted octanol–water partition coefficient (Wildman–Crippen LogP) is 5.68. The maximum Gasteiger partial charge on any atom is 0.319 e. The van der Waals surface area contributed by atoms with Crippen LogP contribution in [-0.4, -0.2) is 16.3 Å².